The first kappa shape index (κ1) is 14.6. The molecule has 0 aliphatic rings. The first-order valence-corrected chi connectivity index (χ1v) is 8.11. The molecule has 2 atom stereocenters. The summed E-state index contributed by atoms with van der Waals surface area (Å²) < 4.78 is 36.4. The molecule has 1 aromatic rings. The summed E-state index contributed by atoms with van der Waals surface area (Å²) in [4.78, 5) is -0.324. The fraction of sp³-hybridized carbons (Fsp3) is 0.500. The Morgan fingerprint density at radius 3 is 2.00 bits per heavy atom. The van der Waals surface area contributed by atoms with Crippen molar-refractivity contribution in [1.82, 2.24) is 0 Å². The van der Waals surface area contributed by atoms with Crippen LogP contribution < -0.4 is 0 Å². The van der Waals surface area contributed by atoms with Crippen LogP contribution in [-0.2, 0) is 9.84 Å². The van der Waals surface area contributed by atoms with Crippen molar-refractivity contribution in [2.24, 2.45) is 0 Å². The molecule has 0 aromatic heterocycles. The maximum Gasteiger partial charge on any atom is 0.151 e. The van der Waals surface area contributed by atoms with Crippen molar-refractivity contribution in [2.75, 3.05) is 6.26 Å². The van der Waals surface area contributed by atoms with E-state index in [4.69, 9.17) is 0 Å². The number of hydrogen-bond acceptors (Lipinski definition) is 2. The Balaban J connectivity index is 3.18. The van der Waals surface area contributed by atoms with E-state index in [0.717, 1.165) is 5.56 Å². The lowest BCUT2D eigenvalue weighted by atomic mass is 10.0. The van der Waals surface area contributed by atoms with Gasteiger partial charge in [-0.05, 0) is 37.5 Å². The van der Waals surface area contributed by atoms with Gasteiger partial charge in [-0.1, -0.05) is 28.1 Å². The highest BCUT2D eigenvalue weighted by atomic mass is 79.9. The third-order valence-corrected chi connectivity index (χ3v) is 6.16. The fourth-order valence-corrected chi connectivity index (χ4v) is 3.66. The van der Waals surface area contributed by atoms with Crippen molar-refractivity contribution < 1.29 is 12.8 Å². The van der Waals surface area contributed by atoms with Crippen LogP contribution in [0.3, 0.4) is 0 Å². The summed E-state index contributed by atoms with van der Waals surface area (Å²) in [5.74, 6) is -0.236. The number of rotatable bonds is 3. The third-order valence-electron chi connectivity index (χ3n) is 2.86. The van der Waals surface area contributed by atoms with E-state index < -0.39 is 15.1 Å². The second-order valence-corrected chi connectivity index (χ2v) is 7.79. The van der Waals surface area contributed by atoms with Gasteiger partial charge in [0.2, 0.25) is 0 Å². The molecule has 0 saturated carbocycles. The SMILES string of the molecule is Cc1cc(C(Br)C(C)S(C)(=O)=O)cc(C)c1F. The molecule has 96 valence electrons. The van der Waals surface area contributed by atoms with E-state index >= 15 is 0 Å². The van der Waals surface area contributed by atoms with Crippen molar-refractivity contribution >= 4 is 25.8 Å². The number of sulfone groups is 1. The normalized spacial score (nSPS) is 15.6. The van der Waals surface area contributed by atoms with Crippen LogP contribution in [0, 0.1) is 19.7 Å². The monoisotopic (exact) mass is 322 g/mol. The summed E-state index contributed by atoms with van der Waals surface area (Å²) in [5.41, 5.74) is 1.86. The molecule has 17 heavy (non-hydrogen) atoms. The smallest absolute Gasteiger partial charge is 0.151 e. The molecule has 0 N–H and O–H groups in total. The van der Waals surface area contributed by atoms with E-state index in [1.165, 1.54) is 6.26 Å². The summed E-state index contributed by atoms with van der Waals surface area (Å²) in [7, 11) is -3.13. The molecule has 0 heterocycles. The topological polar surface area (TPSA) is 34.1 Å². The summed E-state index contributed by atoms with van der Waals surface area (Å²) in [5, 5.41) is -0.549. The Kier molecular flexibility index (Phi) is 4.36. The Hall–Kier alpha value is -0.420. The van der Waals surface area contributed by atoms with Crippen LogP contribution >= 0.6 is 15.9 Å². The fourth-order valence-electron chi connectivity index (χ4n) is 1.63. The molecular weight excluding hydrogens is 307 g/mol. The summed E-state index contributed by atoms with van der Waals surface area (Å²) in [6, 6.07) is 3.37. The molecule has 0 bridgehead atoms. The molecule has 0 aliphatic carbocycles. The Labute approximate surface area is 110 Å². The lowest BCUT2D eigenvalue weighted by Crippen LogP contribution is -2.21. The van der Waals surface area contributed by atoms with Crippen LogP contribution in [0.5, 0.6) is 0 Å². The molecule has 5 heteroatoms. The van der Waals surface area contributed by atoms with Gasteiger partial charge in [-0.15, -0.1) is 0 Å². The van der Waals surface area contributed by atoms with E-state index in [1.54, 1.807) is 32.9 Å². The van der Waals surface area contributed by atoms with Gasteiger partial charge in [0, 0.05) is 6.26 Å². The van der Waals surface area contributed by atoms with E-state index in [9.17, 15) is 12.8 Å². The van der Waals surface area contributed by atoms with Gasteiger partial charge in [0.1, 0.15) is 5.82 Å². The van der Waals surface area contributed by atoms with Gasteiger partial charge in [-0.3, -0.25) is 0 Å². The standard InChI is InChI=1S/C12H16BrFO2S/c1-7-5-10(6-8(2)12(7)14)11(13)9(3)17(4,15)16/h5-6,9,11H,1-4H3. The zero-order valence-corrected chi connectivity index (χ0v) is 12.7. The number of hydrogen-bond donors (Lipinski definition) is 0. The average Bonchev–Trinajstić information content (AvgIpc) is 2.21. The molecular formula is C12H16BrFO2S. The molecule has 1 aromatic carbocycles. The maximum absolute atomic E-state index is 13.5. The predicted molar refractivity (Wildman–Crippen MR) is 71.8 cm³/mol. The van der Waals surface area contributed by atoms with Gasteiger partial charge in [0.05, 0.1) is 10.1 Å². The van der Waals surface area contributed by atoms with E-state index in [2.05, 4.69) is 15.9 Å². The van der Waals surface area contributed by atoms with Crippen LogP contribution in [0.4, 0.5) is 4.39 Å². The van der Waals surface area contributed by atoms with Gasteiger partial charge in [-0.25, -0.2) is 12.8 Å². The van der Waals surface area contributed by atoms with E-state index in [-0.39, 0.29) is 10.6 Å². The molecule has 0 aliphatic heterocycles. The molecule has 1 rings (SSSR count). The van der Waals surface area contributed by atoms with Crippen molar-refractivity contribution in [1.29, 1.82) is 0 Å². The number of aryl methyl sites for hydroxylation is 2. The van der Waals surface area contributed by atoms with Crippen molar-refractivity contribution in [2.45, 2.75) is 30.8 Å². The van der Waals surface area contributed by atoms with Crippen molar-refractivity contribution in [3.05, 3.63) is 34.6 Å². The Morgan fingerprint density at radius 2 is 1.65 bits per heavy atom. The summed E-state index contributed by atoms with van der Waals surface area (Å²) in [6.07, 6.45) is 1.20. The van der Waals surface area contributed by atoms with Gasteiger partial charge in [-0.2, -0.15) is 0 Å². The zero-order valence-electron chi connectivity index (χ0n) is 10.3. The van der Waals surface area contributed by atoms with E-state index in [0.29, 0.717) is 11.1 Å². The highest BCUT2D eigenvalue weighted by Crippen LogP contribution is 2.32. The van der Waals surface area contributed by atoms with Crippen LogP contribution in [0.25, 0.3) is 0 Å². The van der Waals surface area contributed by atoms with Crippen LogP contribution in [0.1, 0.15) is 28.4 Å². The first-order valence-electron chi connectivity index (χ1n) is 5.24. The first-order chi connectivity index (χ1) is 7.64. The minimum atomic E-state index is -3.13. The van der Waals surface area contributed by atoms with Gasteiger partial charge in [0.15, 0.2) is 9.84 Å². The summed E-state index contributed by atoms with van der Waals surface area (Å²) >= 11 is 3.38. The number of alkyl halides is 1. The van der Waals surface area contributed by atoms with E-state index in [1.807, 2.05) is 0 Å². The molecule has 0 spiro atoms. The van der Waals surface area contributed by atoms with Gasteiger partial charge < -0.3 is 0 Å². The Morgan fingerprint density at radius 1 is 1.24 bits per heavy atom. The molecule has 2 nitrogen and oxygen atoms in total. The third kappa shape index (κ3) is 3.28. The highest BCUT2D eigenvalue weighted by molar-refractivity contribution is 9.09. The number of halogens is 2. The lowest BCUT2D eigenvalue weighted by Gasteiger charge is -2.18. The van der Waals surface area contributed by atoms with Crippen LogP contribution in [-0.4, -0.2) is 19.9 Å². The molecule has 0 fully saturated rings. The summed E-state index contributed by atoms with van der Waals surface area (Å²) in [6.45, 7) is 5.00. The highest BCUT2D eigenvalue weighted by Gasteiger charge is 2.25. The van der Waals surface area contributed by atoms with Crippen molar-refractivity contribution in [3.63, 3.8) is 0 Å². The second kappa shape index (κ2) is 5.06. The Bertz CT molecular complexity index is 502. The predicted octanol–water partition coefficient (Wildman–Crippen LogP) is 3.31. The average molecular weight is 323 g/mol. The zero-order chi connectivity index (χ0) is 13.4. The van der Waals surface area contributed by atoms with Crippen molar-refractivity contribution in [3.8, 4) is 0 Å². The van der Waals surface area contributed by atoms with Gasteiger partial charge >= 0.3 is 0 Å². The maximum atomic E-state index is 13.5. The lowest BCUT2D eigenvalue weighted by molar-refractivity contribution is 0.587. The molecule has 0 radical (unpaired) electrons. The largest absolute Gasteiger partial charge is 0.229 e. The van der Waals surface area contributed by atoms with Crippen LogP contribution in [0.15, 0.2) is 12.1 Å². The minimum Gasteiger partial charge on any atom is -0.229 e. The molecule has 0 saturated heterocycles. The van der Waals surface area contributed by atoms with Crippen LogP contribution in [0.2, 0.25) is 0 Å². The number of benzene rings is 1. The molecule has 2 unspecified atom stereocenters. The van der Waals surface area contributed by atoms with Gasteiger partial charge in [0.25, 0.3) is 0 Å². The quantitative estimate of drug-likeness (QED) is 0.800. The molecule has 0 amide bonds. The minimum absolute atomic E-state index is 0.236. The second-order valence-electron chi connectivity index (χ2n) is 4.41.